The lowest BCUT2D eigenvalue weighted by Crippen LogP contribution is -2.55. The van der Waals surface area contributed by atoms with Crippen molar-refractivity contribution in [2.24, 2.45) is 5.73 Å². The zero-order chi connectivity index (χ0) is 28.8. The van der Waals surface area contributed by atoms with Crippen LogP contribution in [-0.2, 0) is 6.42 Å². The third-order valence-electron chi connectivity index (χ3n) is 7.08. The Balaban J connectivity index is 1.54. The zero-order valence-corrected chi connectivity index (χ0v) is 23.6. The smallest absolute Gasteiger partial charge is 0.410 e. The average Bonchev–Trinajstić information content (AvgIpc) is 3.00. The first kappa shape index (κ1) is 27.6. The number of nitrogens with two attached hydrogens (primary N) is 1. The maximum absolute atomic E-state index is 13.6. The van der Waals surface area contributed by atoms with Crippen LogP contribution in [0.25, 0.3) is 11.1 Å². The number of carbonyl (C=O) groups excluding carboxylic acids is 2. The van der Waals surface area contributed by atoms with Crippen LogP contribution in [0.3, 0.4) is 0 Å². The summed E-state index contributed by atoms with van der Waals surface area (Å²) in [6.45, 7) is 1.86. The molecular formula is C34H30N2O4Si. The quantitative estimate of drug-likeness (QED) is 0.224. The van der Waals surface area contributed by atoms with E-state index in [0.717, 1.165) is 32.6 Å². The van der Waals surface area contributed by atoms with Crippen molar-refractivity contribution in [1.29, 1.82) is 0 Å². The van der Waals surface area contributed by atoms with Gasteiger partial charge in [0.2, 0.25) is 8.32 Å². The molecule has 0 saturated carbocycles. The van der Waals surface area contributed by atoms with Gasteiger partial charge in [-0.05, 0) is 57.4 Å². The van der Waals surface area contributed by atoms with Crippen molar-refractivity contribution in [3.8, 4) is 16.9 Å². The summed E-state index contributed by atoms with van der Waals surface area (Å²) < 4.78 is 5.36. The van der Waals surface area contributed by atoms with Gasteiger partial charge in [0.25, 0.3) is 5.91 Å². The van der Waals surface area contributed by atoms with Gasteiger partial charge in [0.15, 0.2) is 5.75 Å². The van der Waals surface area contributed by atoms with Crippen molar-refractivity contribution >= 4 is 36.4 Å². The second kappa shape index (κ2) is 12.0. The molecule has 0 spiro atoms. The minimum Gasteiger partial charge on any atom is -0.424 e. The highest BCUT2D eigenvalue weighted by Crippen LogP contribution is 2.38. The van der Waals surface area contributed by atoms with Crippen LogP contribution < -0.4 is 26.2 Å². The van der Waals surface area contributed by atoms with Crippen molar-refractivity contribution in [3.63, 3.8) is 0 Å². The number of amides is 2. The van der Waals surface area contributed by atoms with E-state index >= 15 is 0 Å². The Morgan fingerprint density at radius 2 is 1.32 bits per heavy atom. The predicted molar refractivity (Wildman–Crippen MR) is 165 cm³/mol. The number of rotatable bonds is 8. The lowest BCUT2D eigenvalue weighted by atomic mass is 9.92. The minimum absolute atomic E-state index is 0.160. The largest absolute Gasteiger partial charge is 0.424 e. The van der Waals surface area contributed by atoms with Crippen LogP contribution in [0.1, 0.15) is 21.5 Å². The molecule has 7 heteroatoms. The van der Waals surface area contributed by atoms with E-state index in [4.69, 9.17) is 10.5 Å². The molecule has 0 aliphatic rings. The maximum atomic E-state index is 13.6. The second-order valence-electron chi connectivity index (χ2n) is 9.88. The SMILES string of the molecule is C[Si](O)(c1ccccc1)c1ccc(C(=O)Nc2c(OC(N)=O)ccc(-c3ccccc3)c2Cc2ccccc2)cc1. The highest BCUT2D eigenvalue weighted by Gasteiger charge is 2.30. The molecular weight excluding hydrogens is 528 g/mol. The summed E-state index contributed by atoms with van der Waals surface area (Å²) in [6, 6.07) is 39.7. The summed E-state index contributed by atoms with van der Waals surface area (Å²) >= 11 is 0. The fraction of sp³-hybridized carbons (Fsp3) is 0.0588. The summed E-state index contributed by atoms with van der Waals surface area (Å²) in [5, 5.41) is 4.67. The summed E-state index contributed by atoms with van der Waals surface area (Å²) in [4.78, 5) is 36.8. The molecule has 5 aromatic rings. The highest BCUT2D eigenvalue weighted by molar-refractivity contribution is 6.95. The molecule has 0 radical (unpaired) electrons. The fourth-order valence-corrected chi connectivity index (χ4v) is 6.88. The number of ether oxygens (including phenoxy) is 1. The average molecular weight is 559 g/mol. The number of anilines is 1. The Bertz CT molecular complexity index is 1660. The van der Waals surface area contributed by atoms with Crippen molar-refractivity contribution in [2.75, 3.05) is 5.32 Å². The second-order valence-corrected chi connectivity index (χ2v) is 13.2. The molecule has 5 rings (SSSR count). The van der Waals surface area contributed by atoms with Gasteiger partial charge in [0.1, 0.15) is 0 Å². The zero-order valence-electron chi connectivity index (χ0n) is 22.6. The Kier molecular flexibility index (Phi) is 8.10. The van der Waals surface area contributed by atoms with Gasteiger partial charge in [-0.1, -0.05) is 109 Å². The highest BCUT2D eigenvalue weighted by atomic mass is 28.4. The first-order valence-electron chi connectivity index (χ1n) is 13.2. The predicted octanol–water partition coefficient (Wildman–Crippen LogP) is 5.34. The monoisotopic (exact) mass is 558 g/mol. The Morgan fingerprint density at radius 3 is 1.93 bits per heavy atom. The van der Waals surface area contributed by atoms with E-state index in [1.165, 1.54) is 0 Å². The molecule has 204 valence electrons. The van der Waals surface area contributed by atoms with Crippen LogP contribution in [0.15, 0.2) is 127 Å². The van der Waals surface area contributed by atoms with E-state index in [2.05, 4.69) is 5.32 Å². The Hall–Kier alpha value is -4.98. The molecule has 5 aromatic carbocycles. The van der Waals surface area contributed by atoms with E-state index in [1.54, 1.807) is 30.3 Å². The number of benzene rings is 5. The third-order valence-corrected chi connectivity index (χ3v) is 9.99. The summed E-state index contributed by atoms with van der Waals surface area (Å²) in [5.74, 6) is -0.223. The van der Waals surface area contributed by atoms with Crippen molar-refractivity contribution in [1.82, 2.24) is 0 Å². The molecule has 0 aliphatic carbocycles. The topological polar surface area (TPSA) is 102 Å². The van der Waals surface area contributed by atoms with Crippen molar-refractivity contribution in [3.05, 3.63) is 144 Å². The number of hydrogen-bond acceptors (Lipinski definition) is 4. The standard InChI is InChI=1S/C34H30N2O4Si/c1-41(39,27-15-9-4-10-16-27)28-19-17-26(18-20-28)33(37)36-32-30(23-24-11-5-2-6-12-24)29(25-13-7-3-8-14-25)21-22-31(32)40-34(35)38/h2-22,39H,23H2,1H3,(H2,35,38)(H,36,37). The molecule has 0 aromatic heterocycles. The molecule has 0 aliphatic heterocycles. The van der Waals surface area contributed by atoms with Crippen molar-refractivity contribution in [2.45, 2.75) is 13.0 Å². The van der Waals surface area contributed by atoms with Crippen LogP contribution in [-0.4, -0.2) is 25.1 Å². The minimum atomic E-state index is -2.91. The third kappa shape index (κ3) is 6.27. The molecule has 0 bridgehead atoms. The van der Waals surface area contributed by atoms with E-state index < -0.39 is 14.4 Å². The van der Waals surface area contributed by atoms with Gasteiger partial charge in [-0.3, -0.25) is 4.79 Å². The number of hydrogen-bond donors (Lipinski definition) is 3. The summed E-state index contributed by atoms with van der Waals surface area (Å²) in [6.07, 6.45) is -0.503. The molecule has 2 amide bonds. The van der Waals surface area contributed by atoms with Gasteiger partial charge in [0.05, 0.1) is 5.69 Å². The van der Waals surface area contributed by atoms with E-state index in [0.29, 0.717) is 17.7 Å². The molecule has 41 heavy (non-hydrogen) atoms. The first-order valence-corrected chi connectivity index (χ1v) is 15.7. The van der Waals surface area contributed by atoms with Crippen molar-refractivity contribution < 1.29 is 19.1 Å². The van der Waals surface area contributed by atoms with E-state index in [9.17, 15) is 14.4 Å². The van der Waals surface area contributed by atoms with Crippen LogP contribution in [0.4, 0.5) is 10.5 Å². The van der Waals surface area contributed by atoms with Gasteiger partial charge >= 0.3 is 6.09 Å². The van der Waals surface area contributed by atoms with Gasteiger partial charge in [-0.2, -0.15) is 0 Å². The molecule has 0 saturated heterocycles. The lowest BCUT2D eigenvalue weighted by molar-refractivity contribution is 0.102. The maximum Gasteiger partial charge on any atom is 0.410 e. The van der Waals surface area contributed by atoms with Crippen LogP contribution in [0.5, 0.6) is 5.75 Å². The molecule has 1 atom stereocenters. The molecule has 0 heterocycles. The van der Waals surface area contributed by atoms with Gasteiger partial charge < -0.3 is 20.6 Å². The molecule has 1 unspecified atom stereocenters. The van der Waals surface area contributed by atoms with Crippen LogP contribution in [0.2, 0.25) is 6.55 Å². The van der Waals surface area contributed by atoms with Crippen LogP contribution in [0, 0.1) is 0 Å². The molecule has 4 N–H and O–H groups in total. The molecule has 0 fully saturated rings. The lowest BCUT2D eigenvalue weighted by Gasteiger charge is -2.22. The fourth-order valence-electron chi connectivity index (χ4n) is 4.89. The van der Waals surface area contributed by atoms with E-state index in [1.807, 2.05) is 104 Å². The normalized spacial score (nSPS) is 12.2. The first-order chi connectivity index (χ1) is 19.8. The molecule has 6 nitrogen and oxygen atoms in total. The van der Waals surface area contributed by atoms with Crippen LogP contribution >= 0.6 is 0 Å². The van der Waals surface area contributed by atoms with Gasteiger partial charge in [-0.15, -0.1) is 0 Å². The van der Waals surface area contributed by atoms with E-state index in [-0.39, 0.29) is 11.7 Å². The summed E-state index contributed by atoms with van der Waals surface area (Å²) in [5.41, 5.74) is 9.81. The number of nitrogens with one attached hydrogen (secondary N) is 1. The van der Waals surface area contributed by atoms with Gasteiger partial charge in [0, 0.05) is 12.0 Å². The summed E-state index contributed by atoms with van der Waals surface area (Å²) in [7, 11) is -2.91. The number of carbonyl (C=O) groups is 2. The van der Waals surface area contributed by atoms with Gasteiger partial charge in [-0.25, -0.2) is 4.79 Å². The Labute approximate surface area is 240 Å². The number of primary amides is 1. The Morgan fingerprint density at radius 1 is 0.756 bits per heavy atom.